The molecule has 17 nitrogen and oxygen atoms in total. The monoisotopic (exact) mass is 727 g/mol. The van der Waals surface area contributed by atoms with Gasteiger partial charge in [0.05, 0.1) is 45.7 Å². The Labute approximate surface area is 297 Å². The van der Waals surface area contributed by atoms with E-state index in [9.17, 15) is 53.7 Å². The van der Waals surface area contributed by atoms with Gasteiger partial charge in [0.25, 0.3) is 0 Å². The molecule has 2 unspecified atom stereocenters. The minimum atomic E-state index is -1.94. The van der Waals surface area contributed by atoms with Gasteiger partial charge in [-0.05, 0) is 77.4 Å². The third kappa shape index (κ3) is 10.8. The molecule has 0 aliphatic heterocycles. The Morgan fingerprint density at radius 2 is 0.660 bits per heavy atom. The lowest BCUT2D eigenvalue weighted by molar-refractivity contribution is -0.256. The summed E-state index contributed by atoms with van der Waals surface area (Å²) in [5.41, 5.74) is -1.62. The summed E-state index contributed by atoms with van der Waals surface area (Å²) in [5, 5.41) is 42.4. The van der Waals surface area contributed by atoms with Crippen LogP contribution in [0.25, 0.3) is 0 Å². The second-order valence-corrected chi connectivity index (χ2v) is 10.5. The van der Waals surface area contributed by atoms with Crippen LogP contribution in [0.4, 0.5) is 0 Å². The van der Waals surface area contributed by atoms with Crippen LogP contribution in [0, 0.1) is 0 Å². The Hall–Kier alpha value is -7.40. The summed E-state index contributed by atoms with van der Waals surface area (Å²) in [7, 11) is 0. The zero-order chi connectivity index (χ0) is 38.7. The van der Waals surface area contributed by atoms with E-state index >= 15 is 0 Å². The quantitative estimate of drug-likeness (QED) is 0.0894. The van der Waals surface area contributed by atoms with Crippen LogP contribution < -0.4 is 15.3 Å². The molecular formula is C36H23O17-3. The molecule has 272 valence electrons. The van der Waals surface area contributed by atoms with Crippen molar-refractivity contribution >= 4 is 47.8 Å². The number of aromatic carboxylic acids is 4. The van der Waals surface area contributed by atoms with Crippen LogP contribution in [0.1, 0.15) is 82.9 Å². The van der Waals surface area contributed by atoms with E-state index in [1.165, 1.54) is 0 Å². The number of esters is 4. The van der Waals surface area contributed by atoms with Gasteiger partial charge in [0, 0.05) is 0 Å². The van der Waals surface area contributed by atoms with Gasteiger partial charge in [0.15, 0.2) is 13.2 Å². The molecule has 0 aliphatic carbocycles. The van der Waals surface area contributed by atoms with Crippen molar-refractivity contribution in [1.82, 2.24) is 0 Å². The Bertz CT molecular complexity index is 1870. The summed E-state index contributed by atoms with van der Waals surface area (Å²) >= 11 is 0. The maximum absolute atomic E-state index is 13.0. The molecule has 1 N–H and O–H groups in total. The van der Waals surface area contributed by atoms with Crippen molar-refractivity contribution in [1.29, 1.82) is 0 Å². The summed E-state index contributed by atoms with van der Waals surface area (Å²) in [6.07, 6.45) is -3.88. The topological polar surface area (TPSA) is 272 Å². The Morgan fingerprint density at radius 1 is 0.415 bits per heavy atom. The van der Waals surface area contributed by atoms with Gasteiger partial charge in [-0.3, -0.25) is 4.74 Å². The third-order valence-corrected chi connectivity index (χ3v) is 6.92. The lowest BCUT2D eigenvalue weighted by Crippen LogP contribution is -2.37. The molecule has 4 aromatic rings. The van der Waals surface area contributed by atoms with Gasteiger partial charge in [-0.25, -0.2) is 24.0 Å². The molecule has 0 bridgehead atoms. The molecule has 0 fully saturated rings. The number of ether oxygens (including phenoxy) is 5. The number of carbonyl (C=O) groups is 8. The average molecular weight is 728 g/mol. The van der Waals surface area contributed by atoms with Crippen LogP contribution in [0.2, 0.25) is 0 Å². The summed E-state index contributed by atoms with van der Waals surface area (Å²) < 4.78 is 26.6. The van der Waals surface area contributed by atoms with E-state index in [1.54, 1.807) is 0 Å². The first-order valence-electron chi connectivity index (χ1n) is 14.9. The number of rotatable bonds is 16. The fourth-order valence-electron chi connectivity index (χ4n) is 4.18. The van der Waals surface area contributed by atoms with Crippen LogP contribution in [0.15, 0.2) is 97.1 Å². The number of carboxylic acids is 4. The molecule has 0 aromatic heterocycles. The van der Waals surface area contributed by atoms with E-state index < -0.39 is 73.5 Å². The maximum atomic E-state index is 13.0. The minimum Gasteiger partial charge on any atom is -0.545 e. The Balaban J connectivity index is 1.59. The van der Waals surface area contributed by atoms with Gasteiger partial charge in [-0.1, -0.05) is 36.4 Å². The minimum absolute atomic E-state index is 0.147. The zero-order valence-electron chi connectivity index (χ0n) is 26.8. The van der Waals surface area contributed by atoms with Crippen molar-refractivity contribution in [2.45, 2.75) is 12.6 Å². The predicted octanol–water partition coefficient (Wildman–Crippen LogP) is -0.128. The van der Waals surface area contributed by atoms with Crippen LogP contribution >= 0.6 is 0 Å². The van der Waals surface area contributed by atoms with Crippen molar-refractivity contribution in [3.8, 4) is 0 Å². The highest BCUT2D eigenvalue weighted by Gasteiger charge is 2.28. The predicted molar refractivity (Wildman–Crippen MR) is 166 cm³/mol. The van der Waals surface area contributed by atoms with Crippen molar-refractivity contribution in [2.75, 3.05) is 13.2 Å². The fourth-order valence-corrected chi connectivity index (χ4v) is 4.18. The van der Waals surface area contributed by atoms with Gasteiger partial charge in [0.1, 0.15) is 0 Å². The lowest BCUT2D eigenvalue weighted by Gasteiger charge is -2.24. The van der Waals surface area contributed by atoms with Gasteiger partial charge in [-0.15, -0.1) is 0 Å². The van der Waals surface area contributed by atoms with Crippen molar-refractivity contribution in [2.24, 2.45) is 0 Å². The molecular weight excluding hydrogens is 704 g/mol. The second-order valence-electron chi connectivity index (χ2n) is 10.5. The number of carboxylic acid groups (broad SMARTS) is 4. The van der Waals surface area contributed by atoms with E-state index in [0.717, 1.165) is 97.1 Å². The highest BCUT2D eigenvalue weighted by molar-refractivity contribution is 5.94. The normalized spacial score (nSPS) is 11.6. The summed E-state index contributed by atoms with van der Waals surface area (Å²) in [6, 6.07) is 17.3. The van der Waals surface area contributed by atoms with Gasteiger partial charge in [-0.2, -0.15) is 0 Å². The molecule has 4 aromatic carbocycles. The van der Waals surface area contributed by atoms with Crippen molar-refractivity contribution in [3.05, 3.63) is 142 Å². The highest BCUT2D eigenvalue weighted by atomic mass is 16.8. The molecule has 0 saturated heterocycles. The van der Waals surface area contributed by atoms with Gasteiger partial charge < -0.3 is 53.8 Å². The first-order chi connectivity index (χ1) is 25.2. The molecule has 4 rings (SSSR count). The molecule has 0 saturated carbocycles. The van der Waals surface area contributed by atoms with E-state index in [4.69, 9.17) is 28.8 Å². The number of hydrogen-bond acceptors (Lipinski definition) is 16. The number of benzene rings is 4. The molecule has 0 radical (unpaired) electrons. The molecule has 2 atom stereocenters. The van der Waals surface area contributed by atoms with Crippen LogP contribution in [-0.4, -0.2) is 78.7 Å². The molecule has 0 amide bonds. The smallest absolute Gasteiger partial charge is 0.340 e. The molecule has 0 heterocycles. The van der Waals surface area contributed by atoms with Crippen LogP contribution in [-0.2, 0) is 23.7 Å². The largest absolute Gasteiger partial charge is 0.545 e. The fraction of sp³-hybridized carbons (Fsp3) is 0.111. The van der Waals surface area contributed by atoms with Crippen LogP contribution in [0.3, 0.4) is 0 Å². The first kappa shape index (κ1) is 38.4. The molecule has 17 heteroatoms. The van der Waals surface area contributed by atoms with Gasteiger partial charge >= 0.3 is 29.8 Å². The third-order valence-electron chi connectivity index (χ3n) is 6.92. The summed E-state index contributed by atoms with van der Waals surface area (Å²) in [5.74, 6) is -10.2. The number of carbonyl (C=O) groups excluding carboxylic acids is 7. The summed E-state index contributed by atoms with van der Waals surface area (Å²) in [4.78, 5) is 96.1. The highest BCUT2D eigenvalue weighted by Crippen LogP contribution is 2.16. The lowest BCUT2D eigenvalue weighted by atomic mass is 10.1. The Morgan fingerprint density at radius 3 is 0.925 bits per heavy atom. The summed E-state index contributed by atoms with van der Waals surface area (Å²) in [6.45, 7) is -1.82. The van der Waals surface area contributed by atoms with Crippen molar-refractivity contribution < 1.29 is 82.5 Å². The Kier molecular flexibility index (Phi) is 12.7. The maximum Gasteiger partial charge on any atom is 0.340 e. The first-order valence-corrected chi connectivity index (χ1v) is 14.9. The van der Waals surface area contributed by atoms with Crippen LogP contribution in [0.5, 0.6) is 0 Å². The SMILES string of the molecule is O=C([O-])c1ccc(C(=O)OCC(OC(=O)c2ccc(C(=O)[O-])cc2)OC(COC(=O)c2ccc(C(=O)[O-])cc2)OC(=O)c2ccc(C(=O)O)cc2)cc1. The average Bonchev–Trinajstić information content (AvgIpc) is 3.15. The molecule has 0 spiro atoms. The standard InChI is InChI=1S/C36H26O17/c37-29(38)19-1-9-23(10-2-19)33(45)49-17-27(52-35(47)25-13-5-21(6-14-25)31(41)42)51-28(53-36(48)26-15-7-22(8-16-26)32(43)44)18-50-34(46)24-11-3-20(4-12-24)30(39)40/h1-16,27-28H,17-18H2,(H,37,38)(H,39,40)(H,41,42)(H,43,44)/p-3. The second kappa shape index (κ2) is 17.5. The zero-order valence-corrected chi connectivity index (χ0v) is 26.8. The van der Waals surface area contributed by atoms with E-state index in [-0.39, 0.29) is 44.5 Å². The molecule has 53 heavy (non-hydrogen) atoms. The van der Waals surface area contributed by atoms with Crippen molar-refractivity contribution in [3.63, 3.8) is 0 Å². The van der Waals surface area contributed by atoms with Gasteiger partial charge in [0.2, 0.25) is 12.6 Å². The van der Waals surface area contributed by atoms with E-state index in [0.29, 0.717) is 0 Å². The number of hydrogen-bond donors (Lipinski definition) is 1. The van der Waals surface area contributed by atoms with E-state index in [1.807, 2.05) is 0 Å². The molecule has 0 aliphatic rings. The van der Waals surface area contributed by atoms with E-state index in [2.05, 4.69) is 0 Å².